The van der Waals surface area contributed by atoms with Crippen LogP contribution in [0.1, 0.15) is 42.1 Å². The highest BCUT2D eigenvalue weighted by Crippen LogP contribution is 2.32. The minimum atomic E-state index is -0.745. The fourth-order valence-electron chi connectivity index (χ4n) is 5.38. The number of nitriles is 1. The minimum Gasteiger partial charge on any atom is -0.494 e. The van der Waals surface area contributed by atoms with Crippen LogP contribution in [0.15, 0.2) is 118 Å². The number of allylic oxidation sites excluding steroid dienone is 1. The van der Waals surface area contributed by atoms with E-state index < -0.39 is 6.04 Å². The number of anilines is 1. The molecule has 1 aromatic heterocycles. The number of aromatic nitrogens is 1. The molecule has 8 nitrogen and oxygen atoms in total. The van der Waals surface area contributed by atoms with Crippen molar-refractivity contribution in [2.24, 2.45) is 4.99 Å². The van der Waals surface area contributed by atoms with Gasteiger partial charge in [0.15, 0.2) is 4.80 Å². The second-order valence-corrected chi connectivity index (χ2v) is 12.1. The van der Waals surface area contributed by atoms with E-state index in [2.05, 4.69) is 11.4 Å². The van der Waals surface area contributed by atoms with Crippen molar-refractivity contribution in [1.29, 1.82) is 5.26 Å². The molecular weight excluding hydrogens is 632 g/mol. The quantitative estimate of drug-likeness (QED) is 0.198. The number of thiazole rings is 1. The summed E-state index contributed by atoms with van der Waals surface area (Å²) in [5, 5.41) is 12.9. The number of hydrogen-bond acceptors (Lipinski definition) is 7. The number of nitrogens with zero attached hydrogens (tertiary/aromatic N) is 3. The summed E-state index contributed by atoms with van der Waals surface area (Å²) in [6.07, 6.45) is 1.72. The summed E-state index contributed by atoms with van der Waals surface area (Å²) in [6, 6.07) is 30.4. The third-order valence-corrected chi connectivity index (χ3v) is 8.80. The molecule has 234 valence electrons. The van der Waals surface area contributed by atoms with E-state index in [9.17, 15) is 14.9 Å². The first kappa shape index (κ1) is 31.5. The number of carbonyl (C=O) groups is 1. The van der Waals surface area contributed by atoms with Gasteiger partial charge in [0.1, 0.15) is 18.1 Å². The molecule has 4 aromatic carbocycles. The van der Waals surface area contributed by atoms with E-state index >= 15 is 0 Å². The third kappa shape index (κ3) is 6.75. The topological polar surface area (TPSA) is 106 Å². The second-order valence-electron chi connectivity index (χ2n) is 10.6. The maximum absolute atomic E-state index is 14.3. The molecule has 0 bridgehead atoms. The zero-order valence-corrected chi connectivity index (χ0v) is 27.1. The Morgan fingerprint density at radius 1 is 1.04 bits per heavy atom. The molecule has 0 fully saturated rings. The summed E-state index contributed by atoms with van der Waals surface area (Å²) in [5.41, 5.74) is 3.77. The summed E-state index contributed by atoms with van der Waals surface area (Å²) < 4.78 is 13.7. The molecule has 1 N–H and O–H groups in total. The monoisotopic (exact) mass is 660 g/mol. The number of benzene rings is 4. The Morgan fingerprint density at radius 2 is 1.79 bits per heavy atom. The van der Waals surface area contributed by atoms with Gasteiger partial charge in [-0.3, -0.25) is 14.2 Å². The average Bonchev–Trinajstić information content (AvgIpc) is 3.38. The van der Waals surface area contributed by atoms with Crippen molar-refractivity contribution in [1.82, 2.24) is 4.57 Å². The Balaban J connectivity index is 1.44. The molecule has 1 amide bonds. The van der Waals surface area contributed by atoms with Gasteiger partial charge < -0.3 is 14.8 Å². The molecule has 1 atom stereocenters. The summed E-state index contributed by atoms with van der Waals surface area (Å²) >= 11 is 7.61. The van der Waals surface area contributed by atoms with Crippen molar-refractivity contribution in [3.05, 3.63) is 155 Å². The molecule has 10 heteroatoms. The zero-order valence-electron chi connectivity index (χ0n) is 25.6. The van der Waals surface area contributed by atoms with Gasteiger partial charge in [0, 0.05) is 21.8 Å². The number of fused-ring (bicyclic) bond motifs is 1. The Hall–Kier alpha value is -5.43. The molecule has 0 saturated heterocycles. The fourth-order valence-corrected chi connectivity index (χ4v) is 6.59. The number of halogens is 1. The molecule has 5 aromatic rings. The molecule has 0 aliphatic carbocycles. The number of carbonyl (C=O) groups excluding carboxylic acids is 1. The van der Waals surface area contributed by atoms with Crippen LogP contribution < -0.4 is 29.7 Å². The Kier molecular flexibility index (Phi) is 9.34. The van der Waals surface area contributed by atoms with Crippen molar-refractivity contribution in [2.45, 2.75) is 26.5 Å². The van der Waals surface area contributed by atoms with Crippen LogP contribution in [-0.4, -0.2) is 17.1 Å². The predicted octanol–water partition coefficient (Wildman–Crippen LogP) is 6.38. The molecule has 0 unspecified atom stereocenters. The number of para-hydroxylation sites is 1. The van der Waals surface area contributed by atoms with Gasteiger partial charge in [-0.1, -0.05) is 71.5 Å². The van der Waals surface area contributed by atoms with Crippen LogP contribution in [0.5, 0.6) is 11.5 Å². The van der Waals surface area contributed by atoms with Crippen LogP contribution in [0.25, 0.3) is 6.08 Å². The Bertz CT molecular complexity index is 2220. The predicted molar refractivity (Wildman–Crippen MR) is 183 cm³/mol. The van der Waals surface area contributed by atoms with Gasteiger partial charge in [0.05, 0.1) is 40.1 Å². The van der Waals surface area contributed by atoms with Crippen molar-refractivity contribution in [3.8, 4) is 17.6 Å². The Labute approximate surface area is 280 Å². The molecule has 0 radical (unpaired) electrons. The number of amides is 1. The van der Waals surface area contributed by atoms with E-state index in [1.54, 1.807) is 60.0 Å². The van der Waals surface area contributed by atoms with Crippen LogP contribution in [0.4, 0.5) is 5.69 Å². The fraction of sp³-hybridized carbons (Fsp3) is 0.135. The summed E-state index contributed by atoms with van der Waals surface area (Å²) in [7, 11) is 0. The number of nitrogens with one attached hydrogen (secondary N) is 1. The summed E-state index contributed by atoms with van der Waals surface area (Å²) in [4.78, 5) is 33.3. The van der Waals surface area contributed by atoms with E-state index in [0.29, 0.717) is 60.5 Å². The first-order chi connectivity index (χ1) is 22.9. The van der Waals surface area contributed by atoms with Crippen LogP contribution in [-0.2, 0) is 11.4 Å². The second kappa shape index (κ2) is 13.9. The molecule has 2 heterocycles. The van der Waals surface area contributed by atoms with Gasteiger partial charge in [-0.05, 0) is 74.0 Å². The molecule has 1 aliphatic heterocycles. The maximum Gasteiger partial charge on any atom is 0.271 e. The molecular formula is C37H29ClN4O4S. The van der Waals surface area contributed by atoms with E-state index in [0.717, 1.165) is 11.1 Å². The molecule has 1 aliphatic rings. The lowest BCUT2D eigenvalue weighted by Crippen LogP contribution is -2.40. The molecule has 6 rings (SSSR count). The van der Waals surface area contributed by atoms with Gasteiger partial charge in [-0.15, -0.1) is 0 Å². The van der Waals surface area contributed by atoms with Crippen molar-refractivity contribution in [3.63, 3.8) is 0 Å². The normalized spacial score (nSPS) is 14.2. The lowest BCUT2D eigenvalue weighted by molar-refractivity contribution is -0.113. The minimum absolute atomic E-state index is 0.157. The van der Waals surface area contributed by atoms with E-state index in [1.165, 1.54) is 11.3 Å². The molecule has 0 saturated carbocycles. The van der Waals surface area contributed by atoms with Gasteiger partial charge in [0.2, 0.25) is 0 Å². The van der Waals surface area contributed by atoms with Crippen molar-refractivity contribution < 1.29 is 14.3 Å². The highest BCUT2D eigenvalue weighted by molar-refractivity contribution is 7.07. The number of rotatable bonds is 9. The first-order valence-corrected chi connectivity index (χ1v) is 16.1. The standard InChI is InChI=1S/C37H29ClN4O4S/c1-3-45-30-16-13-24(14-17-30)34-33(35(43)41-29-11-5-4-6-12-29)23(2)40-37-42(34)36(44)32(47-37)20-27-19-28(38)15-18-31(27)46-22-26-10-8-7-9-25(26)21-39/h4-20,34H,3,22H2,1-2H3,(H,41,43)/b32-20-/t34-/m1/s1. The van der Waals surface area contributed by atoms with Gasteiger partial charge in [0.25, 0.3) is 11.5 Å². The maximum atomic E-state index is 14.3. The van der Waals surface area contributed by atoms with E-state index in [4.69, 9.17) is 26.1 Å². The lowest BCUT2D eigenvalue weighted by Gasteiger charge is -2.25. The van der Waals surface area contributed by atoms with Crippen LogP contribution in [0.2, 0.25) is 5.02 Å². The number of hydrogen-bond donors (Lipinski definition) is 1. The van der Waals surface area contributed by atoms with Crippen molar-refractivity contribution in [2.75, 3.05) is 11.9 Å². The average molecular weight is 661 g/mol. The third-order valence-electron chi connectivity index (χ3n) is 7.58. The van der Waals surface area contributed by atoms with Crippen LogP contribution in [0, 0.1) is 11.3 Å². The largest absolute Gasteiger partial charge is 0.494 e. The number of ether oxygens (including phenoxy) is 2. The van der Waals surface area contributed by atoms with E-state index in [-0.39, 0.29) is 18.1 Å². The zero-order chi connectivity index (χ0) is 32.9. The van der Waals surface area contributed by atoms with Gasteiger partial charge in [-0.25, -0.2) is 4.99 Å². The van der Waals surface area contributed by atoms with Gasteiger partial charge >= 0.3 is 0 Å². The SMILES string of the molecule is CCOc1ccc([C@@H]2C(C(=O)Nc3ccccc3)=C(C)N=c3s/c(=C\c4cc(Cl)ccc4OCc4ccccc4C#N)c(=O)n32)cc1. The van der Waals surface area contributed by atoms with E-state index in [1.807, 2.05) is 61.5 Å². The highest BCUT2D eigenvalue weighted by Gasteiger charge is 2.32. The molecule has 47 heavy (non-hydrogen) atoms. The highest BCUT2D eigenvalue weighted by atomic mass is 35.5. The lowest BCUT2D eigenvalue weighted by atomic mass is 9.95. The summed E-state index contributed by atoms with van der Waals surface area (Å²) in [5.74, 6) is 0.828. The van der Waals surface area contributed by atoms with Crippen LogP contribution in [0.3, 0.4) is 0 Å². The smallest absolute Gasteiger partial charge is 0.271 e. The molecule has 0 spiro atoms. The Morgan fingerprint density at radius 3 is 2.53 bits per heavy atom. The summed E-state index contributed by atoms with van der Waals surface area (Å²) in [6.45, 7) is 4.36. The van der Waals surface area contributed by atoms with Crippen LogP contribution >= 0.6 is 22.9 Å². The first-order valence-electron chi connectivity index (χ1n) is 14.9. The van der Waals surface area contributed by atoms with Crippen molar-refractivity contribution >= 4 is 40.6 Å². The van der Waals surface area contributed by atoms with Gasteiger partial charge in [-0.2, -0.15) is 5.26 Å².